The summed E-state index contributed by atoms with van der Waals surface area (Å²) in [6.45, 7) is 0. The number of alkyl halides is 2. The van der Waals surface area contributed by atoms with E-state index in [0.29, 0.717) is 0 Å². The van der Waals surface area contributed by atoms with Crippen LogP contribution < -0.4 is 0 Å². The van der Waals surface area contributed by atoms with Crippen LogP contribution in [0.25, 0.3) is 0 Å². The first kappa shape index (κ1) is 10.6. The molecule has 0 spiro atoms. The average Bonchev–Trinajstić information content (AvgIpc) is 2.04. The van der Waals surface area contributed by atoms with Gasteiger partial charge >= 0.3 is 0 Å². The van der Waals surface area contributed by atoms with Crippen LogP contribution in [-0.2, 0) is 0 Å². The Morgan fingerprint density at radius 3 is 2.69 bits per heavy atom. The van der Waals surface area contributed by atoms with Gasteiger partial charge in [0, 0.05) is 6.20 Å². The van der Waals surface area contributed by atoms with Crippen molar-refractivity contribution in [2.45, 2.75) is 6.43 Å². The Kier molecular flexibility index (Phi) is 3.39. The molecule has 1 aromatic heterocycles. The van der Waals surface area contributed by atoms with Crippen LogP contribution in [0.3, 0.4) is 0 Å². The van der Waals surface area contributed by atoms with Gasteiger partial charge in [-0.1, -0.05) is 11.6 Å². The molecule has 13 heavy (non-hydrogen) atoms. The van der Waals surface area contributed by atoms with Crippen LogP contribution >= 0.6 is 34.2 Å². The number of hydrogen-bond acceptors (Lipinski definition) is 2. The first-order valence-corrected chi connectivity index (χ1v) is 4.55. The van der Waals surface area contributed by atoms with Gasteiger partial charge in [-0.15, -0.1) is 0 Å². The molecule has 0 saturated heterocycles. The van der Waals surface area contributed by atoms with Crippen molar-refractivity contribution in [2.75, 3.05) is 0 Å². The summed E-state index contributed by atoms with van der Waals surface area (Å²) in [6, 6.07) is 1.69. The zero-order chi connectivity index (χ0) is 10.0. The highest BCUT2D eigenvalue weighted by Gasteiger charge is 2.19. The monoisotopic (exact) mass is 314 g/mol. The molecule has 1 heterocycles. The smallest absolute Gasteiger partial charge is 0.248 e. The molecule has 0 bridgehead atoms. The lowest BCUT2D eigenvalue weighted by molar-refractivity contribution is 0.150. The predicted molar refractivity (Wildman–Crippen MR) is 51.6 cm³/mol. The van der Waals surface area contributed by atoms with E-state index in [9.17, 15) is 8.78 Å². The molecule has 0 fully saturated rings. The Bertz CT molecular complexity index is 375. The van der Waals surface area contributed by atoms with Crippen LogP contribution in [0.2, 0.25) is 5.02 Å². The van der Waals surface area contributed by atoms with E-state index in [-0.39, 0.29) is 19.9 Å². The van der Waals surface area contributed by atoms with Crippen molar-refractivity contribution >= 4 is 34.2 Å². The van der Waals surface area contributed by atoms with Gasteiger partial charge in [-0.3, -0.25) is 0 Å². The summed E-state index contributed by atoms with van der Waals surface area (Å²) in [5.74, 6) is 0. The molecule has 0 saturated carbocycles. The van der Waals surface area contributed by atoms with Gasteiger partial charge < -0.3 is 0 Å². The normalized spacial score (nSPS) is 10.2. The maximum Gasteiger partial charge on any atom is 0.267 e. The van der Waals surface area contributed by atoms with Crippen LogP contribution in [-0.4, -0.2) is 4.98 Å². The van der Waals surface area contributed by atoms with Gasteiger partial charge in [-0.05, 0) is 22.6 Å². The molecule has 0 aliphatic rings. The van der Waals surface area contributed by atoms with E-state index < -0.39 is 6.43 Å². The number of rotatable bonds is 1. The summed E-state index contributed by atoms with van der Waals surface area (Å²) in [4.78, 5) is 3.63. The van der Waals surface area contributed by atoms with Gasteiger partial charge in [0.1, 0.15) is 9.77 Å². The Balaban J connectivity index is 3.41. The van der Waals surface area contributed by atoms with E-state index in [0.717, 1.165) is 0 Å². The number of halogens is 4. The van der Waals surface area contributed by atoms with Gasteiger partial charge in [0.15, 0.2) is 0 Å². The molecular formula is C7H2ClF2IN2. The van der Waals surface area contributed by atoms with Crippen LogP contribution in [0, 0.1) is 15.0 Å². The Labute approximate surface area is 91.7 Å². The van der Waals surface area contributed by atoms with Crippen LogP contribution in [0.4, 0.5) is 8.78 Å². The summed E-state index contributed by atoms with van der Waals surface area (Å²) >= 11 is 7.21. The van der Waals surface area contributed by atoms with Crippen molar-refractivity contribution in [3.05, 3.63) is 26.0 Å². The minimum absolute atomic E-state index is 0.0302. The fourth-order valence-electron chi connectivity index (χ4n) is 0.747. The quantitative estimate of drug-likeness (QED) is 0.590. The Morgan fingerprint density at radius 1 is 1.62 bits per heavy atom. The standard InChI is InChI=1S/C7H2ClF2IN2/c8-5-3(1-12)2-13-7(11)4(5)6(9)10/h2,6H. The van der Waals surface area contributed by atoms with Crippen molar-refractivity contribution < 1.29 is 8.78 Å². The molecule has 0 N–H and O–H groups in total. The molecule has 1 aromatic rings. The summed E-state index contributed by atoms with van der Waals surface area (Å²) in [5, 5.41) is 8.28. The van der Waals surface area contributed by atoms with E-state index in [1.54, 1.807) is 28.7 Å². The Hall–Kier alpha value is -0.480. The zero-order valence-corrected chi connectivity index (χ0v) is 8.97. The molecule has 0 aliphatic carbocycles. The predicted octanol–water partition coefficient (Wildman–Crippen LogP) is 3.15. The minimum Gasteiger partial charge on any atom is -0.248 e. The number of aromatic nitrogens is 1. The van der Waals surface area contributed by atoms with Crippen molar-refractivity contribution in [2.24, 2.45) is 0 Å². The zero-order valence-electron chi connectivity index (χ0n) is 6.06. The molecule has 6 heteroatoms. The van der Waals surface area contributed by atoms with Gasteiger partial charge in [-0.25, -0.2) is 13.8 Å². The third kappa shape index (κ3) is 2.06. The van der Waals surface area contributed by atoms with E-state index in [2.05, 4.69) is 4.98 Å². The maximum atomic E-state index is 12.4. The number of hydrogen-bond donors (Lipinski definition) is 0. The second kappa shape index (κ2) is 4.15. The summed E-state index contributed by atoms with van der Waals surface area (Å²) in [5.41, 5.74) is -0.404. The van der Waals surface area contributed by atoms with Crippen molar-refractivity contribution in [3.63, 3.8) is 0 Å². The van der Waals surface area contributed by atoms with E-state index in [4.69, 9.17) is 16.9 Å². The lowest BCUT2D eigenvalue weighted by Gasteiger charge is -2.05. The van der Waals surface area contributed by atoms with Gasteiger partial charge in [-0.2, -0.15) is 5.26 Å². The Morgan fingerprint density at radius 2 is 2.23 bits per heavy atom. The molecule has 1 rings (SSSR count). The lowest BCUT2D eigenvalue weighted by atomic mass is 10.2. The lowest BCUT2D eigenvalue weighted by Crippen LogP contribution is -1.96. The fourth-order valence-corrected chi connectivity index (χ4v) is 1.81. The molecule has 0 amide bonds. The first-order chi connectivity index (χ1) is 6.07. The molecule has 2 nitrogen and oxygen atoms in total. The highest BCUT2D eigenvalue weighted by Crippen LogP contribution is 2.31. The highest BCUT2D eigenvalue weighted by atomic mass is 127. The summed E-state index contributed by atoms with van der Waals surface area (Å²) in [7, 11) is 0. The number of nitriles is 1. The van der Waals surface area contributed by atoms with Crippen molar-refractivity contribution in [3.8, 4) is 6.07 Å². The number of nitrogens with zero attached hydrogens (tertiary/aromatic N) is 2. The third-order valence-electron chi connectivity index (χ3n) is 1.34. The van der Waals surface area contributed by atoms with Crippen LogP contribution in [0.15, 0.2) is 6.20 Å². The SMILES string of the molecule is N#Cc1cnc(I)c(C(F)F)c1Cl. The van der Waals surface area contributed by atoms with E-state index in [1.807, 2.05) is 0 Å². The molecule has 0 unspecified atom stereocenters. The van der Waals surface area contributed by atoms with Gasteiger partial charge in [0.05, 0.1) is 16.1 Å². The minimum atomic E-state index is -2.71. The molecule has 0 aromatic carbocycles. The average molecular weight is 314 g/mol. The molecule has 68 valence electrons. The van der Waals surface area contributed by atoms with Crippen LogP contribution in [0.5, 0.6) is 0 Å². The summed E-state index contributed by atoms with van der Waals surface area (Å²) < 4.78 is 24.9. The molecule has 0 atom stereocenters. The highest BCUT2D eigenvalue weighted by molar-refractivity contribution is 14.1. The van der Waals surface area contributed by atoms with Gasteiger partial charge in [0.25, 0.3) is 6.43 Å². The number of pyridine rings is 1. The third-order valence-corrected chi connectivity index (χ3v) is 2.61. The van der Waals surface area contributed by atoms with Crippen LogP contribution in [0.1, 0.15) is 17.6 Å². The molecular weight excluding hydrogens is 312 g/mol. The molecule has 0 radical (unpaired) electrons. The maximum absolute atomic E-state index is 12.4. The fraction of sp³-hybridized carbons (Fsp3) is 0.143. The second-order valence-corrected chi connectivity index (χ2v) is 3.50. The van der Waals surface area contributed by atoms with E-state index >= 15 is 0 Å². The van der Waals surface area contributed by atoms with Crippen molar-refractivity contribution in [1.82, 2.24) is 4.98 Å². The summed E-state index contributed by atoms with van der Waals surface area (Å²) in [6.07, 6.45) is -1.53. The van der Waals surface area contributed by atoms with E-state index in [1.165, 1.54) is 6.20 Å². The largest absolute Gasteiger partial charge is 0.267 e. The second-order valence-electron chi connectivity index (χ2n) is 2.10. The topological polar surface area (TPSA) is 36.7 Å². The molecule has 0 aliphatic heterocycles. The van der Waals surface area contributed by atoms with Crippen molar-refractivity contribution in [1.29, 1.82) is 5.26 Å². The van der Waals surface area contributed by atoms with Gasteiger partial charge in [0.2, 0.25) is 0 Å². The first-order valence-electron chi connectivity index (χ1n) is 3.10.